The van der Waals surface area contributed by atoms with E-state index in [0.717, 1.165) is 0 Å². The molecule has 0 spiro atoms. The van der Waals surface area contributed by atoms with Crippen molar-refractivity contribution in [3.63, 3.8) is 0 Å². The summed E-state index contributed by atoms with van der Waals surface area (Å²) < 4.78 is 13.0. The Morgan fingerprint density at radius 3 is 2.28 bits per heavy atom. The average Bonchev–Trinajstić information content (AvgIpc) is 3.60. The van der Waals surface area contributed by atoms with Gasteiger partial charge in [-0.2, -0.15) is 0 Å². The highest BCUT2D eigenvalue weighted by Crippen LogP contribution is 2.29. The number of Topliss-reactive ketones (excluding diaryl/α,β-unsaturated/α-hetero) is 1. The molecular formula is C21H25FN4O6. The van der Waals surface area contributed by atoms with Crippen molar-refractivity contribution >= 4 is 35.7 Å². The van der Waals surface area contributed by atoms with Crippen LogP contribution in [-0.2, 0) is 30.5 Å². The summed E-state index contributed by atoms with van der Waals surface area (Å²) in [5.74, 6) is -4.50. The van der Waals surface area contributed by atoms with E-state index in [0.29, 0.717) is 24.6 Å². The Morgan fingerprint density at radius 1 is 1.06 bits per heavy atom. The minimum atomic E-state index is -1.38. The fraction of sp³-hybridized carbons (Fsp3) is 0.429. The quantitative estimate of drug-likeness (QED) is 0.272. The Kier molecular flexibility index (Phi) is 8.99. The molecule has 5 N–H and O–H groups in total. The minimum Gasteiger partial charge on any atom is -0.481 e. The SMILES string of the molecule is N=CC(=O)CC[C@H](NC(=O)[C@H](CC(=O)O)NC(=O)C1CC1)C(=O)NCc1ccc(F)cc1. The first kappa shape index (κ1) is 24.6. The van der Waals surface area contributed by atoms with Crippen LogP contribution in [0.5, 0.6) is 0 Å². The van der Waals surface area contributed by atoms with Crippen LogP contribution < -0.4 is 16.0 Å². The van der Waals surface area contributed by atoms with Gasteiger partial charge in [-0.1, -0.05) is 12.1 Å². The van der Waals surface area contributed by atoms with Crippen LogP contribution in [0.1, 0.15) is 37.7 Å². The molecule has 1 aromatic carbocycles. The third kappa shape index (κ3) is 8.25. The van der Waals surface area contributed by atoms with Crippen molar-refractivity contribution in [3.05, 3.63) is 35.6 Å². The third-order valence-electron chi connectivity index (χ3n) is 4.81. The normalized spacial score (nSPS) is 14.5. The molecule has 11 heteroatoms. The van der Waals surface area contributed by atoms with Gasteiger partial charge in [0.1, 0.15) is 17.9 Å². The molecule has 0 bridgehead atoms. The van der Waals surface area contributed by atoms with Crippen LogP contribution in [0.4, 0.5) is 4.39 Å². The number of nitrogens with one attached hydrogen (secondary N) is 4. The molecule has 3 amide bonds. The number of hydrogen-bond acceptors (Lipinski definition) is 6. The monoisotopic (exact) mass is 448 g/mol. The van der Waals surface area contributed by atoms with Gasteiger partial charge < -0.3 is 26.5 Å². The zero-order valence-electron chi connectivity index (χ0n) is 17.2. The number of rotatable bonds is 13. The largest absolute Gasteiger partial charge is 0.481 e. The predicted molar refractivity (Wildman–Crippen MR) is 110 cm³/mol. The predicted octanol–water partition coefficient (Wildman–Crippen LogP) is 0.295. The number of carbonyl (C=O) groups excluding carboxylic acids is 4. The van der Waals surface area contributed by atoms with Crippen LogP contribution in [0.2, 0.25) is 0 Å². The molecule has 0 radical (unpaired) electrons. The number of hydrogen-bond donors (Lipinski definition) is 5. The smallest absolute Gasteiger partial charge is 0.305 e. The lowest BCUT2D eigenvalue weighted by atomic mass is 10.1. The van der Waals surface area contributed by atoms with Crippen LogP contribution >= 0.6 is 0 Å². The lowest BCUT2D eigenvalue weighted by molar-refractivity contribution is -0.141. The summed E-state index contributed by atoms with van der Waals surface area (Å²) >= 11 is 0. The van der Waals surface area contributed by atoms with Crippen LogP contribution in [0.3, 0.4) is 0 Å². The second kappa shape index (κ2) is 11.7. The van der Waals surface area contributed by atoms with Crippen molar-refractivity contribution < 1.29 is 33.5 Å². The summed E-state index contributed by atoms with van der Waals surface area (Å²) in [5, 5.41) is 23.4. The van der Waals surface area contributed by atoms with E-state index in [1.807, 2.05) is 0 Å². The molecule has 1 aliphatic carbocycles. The number of benzene rings is 1. The van der Waals surface area contributed by atoms with Crippen molar-refractivity contribution in [3.8, 4) is 0 Å². The van der Waals surface area contributed by atoms with Crippen LogP contribution in [-0.4, -0.2) is 52.9 Å². The van der Waals surface area contributed by atoms with Crippen molar-refractivity contribution in [1.29, 1.82) is 5.41 Å². The van der Waals surface area contributed by atoms with Gasteiger partial charge in [0.15, 0.2) is 5.78 Å². The van der Waals surface area contributed by atoms with E-state index in [1.54, 1.807) is 0 Å². The number of halogens is 1. The van der Waals surface area contributed by atoms with E-state index < -0.39 is 53.8 Å². The molecule has 0 unspecified atom stereocenters. The van der Waals surface area contributed by atoms with Gasteiger partial charge in [0.25, 0.3) is 0 Å². The lowest BCUT2D eigenvalue weighted by Gasteiger charge is -2.22. The number of carboxylic acid groups (broad SMARTS) is 1. The first-order chi connectivity index (χ1) is 15.2. The fourth-order valence-electron chi connectivity index (χ4n) is 2.83. The Bertz CT molecular complexity index is 885. The second-order valence-electron chi connectivity index (χ2n) is 7.49. The van der Waals surface area contributed by atoms with Crippen molar-refractivity contribution in [2.45, 2.75) is 50.7 Å². The van der Waals surface area contributed by atoms with Crippen LogP contribution in [0, 0.1) is 17.1 Å². The van der Waals surface area contributed by atoms with Crippen molar-refractivity contribution in [2.75, 3.05) is 0 Å². The first-order valence-electron chi connectivity index (χ1n) is 10.1. The molecule has 1 aliphatic rings. The summed E-state index contributed by atoms with van der Waals surface area (Å²) in [6.07, 6.45) is 0.912. The molecule has 0 aliphatic heterocycles. The van der Waals surface area contributed by atoms with Crippen molar-refractivity contribution in [2.24, 2.45) is 5.92 Å². The Balaban J connectivity index is 2.05. The zero-order chi connectivity index (χ0) is 23.7. The van der Waals surface area contributed by atoms with E-state index in [9.17, 15) is 28.4 Å². The molecule has 2 atom stereocenters. The van der Waals surface area contributed by atoms with Gasteiger partial charge in [-0.15, -0.1) is 0 Å². The van der Waals surface area contributed by atoms with Gasteiger partial charge in [-0.3, -0.25) is 24.0 Å². The summed E-state index contributed by atoms with van der Waals surface area (Å²) in [7, 11) is 0. The van der Waals surface area contributed by atoms with Crippen LogP contribution in [0.25, 0.3) is 0 Å². The minimum absolute atomic E-state index is 0.0287. The molecule has 32 heavy (non-hydrogen) atoms. The molecule has 0 saturated heterocycles. The van der Waals surface area contributed by atoms with Crippen molar-refractivity contribution in [1.82, 2.24) is 16.0 Å². The Morgan fingerprint density at radius 2 is 1.72 bits per heavy atom. The summed E-state index contributed by atoms with van der Waals surface area (Å²) in [4.78, 5) is 59.9. The molecule has 0 heterocycles. The van der Waals surface area contributed by atoms with Crippen LogP contribution in [0.15, 0.2) is 24.3 Å². The molecule has 1 fully saturated rings. The van der Waals surface area contributed by atoms with Gasteiger partial charge in [-0.05, 0) is 37.0 Å². The highest BCUT2D eigenvalue weighted by molar-refractivity contribution is 6.26. The number of aliphatic carboxylic acids is 1. The molecule has 1 aromatic rings. The van der Waals surface area contributed by atoms with Gasteiger partial charge in [0.2, 0.25) is 17.7 Å². The lowest BCUT2D eigenvalue weighted by Crippen LogP contribution is -2.54. The van der Waals surface area contributed by atoms with Gasteiger partial charge in [-0.25, -0.2) is 4.39 Å². The topological polar surface area (TPSA) is 166 Å². The molecule has 2 rings (SSSR count). The van der Waals surface area contributed by atoms with E-state index in [1.165, 1.54) is 24.3 Å². The molecule has 0 aromatic heterocycles. The fourth-order valence-corrected chi connectivity index (χ4v) is 2.83. The number of amides is 3. The number of carbonyl (C=O) groups is 5. The molecule has 10 nitrogen and oxygen atoms in total. The van der Waals surface area contributed by atoms with Gasteiger partial charge in [0.05, 0.1) is 12.6 Å². The summed E-state index contributed by atoms with van der Waals surface area (Å²) in [6.45, 7) is 0.0287. The summed E-state index contributed by atoms with van der Waals surface area (Å²) in [6, 6.07) is 2.80. The number of carboxylic acids is 1. The van der Waals surface area contributed by atoms with E-state index in [4.69, 9.17) is 10.5 Å². The molecule has 1 saturated carbocycles. The third-order valence-corrected chi connectivity index (χ3v) is 4.81. The highest BCUT2D eigenvalue weighted by Gasteiger charge is 2.34. The average molecular weight is 448 g/mol. The van der Waals surface area contributed by atoms with E-state index >= 15 is 0 Å². The summed E-state index contributed by atoms with van der Waals surface area (Å²) in [5.41, 5.74) is 0.598. The maximum Gasteiger partial charge on any atom is 0.305 e. The maximum atomic E-state index is 13.0. The van der Waals surface area contributed by atoms with E-state index in [-0.39, 0.29) is 25.3 Å². The first-order valence-corrected chi connectivity index (χ1v) is 10.1. The van der Waals surface area contributed by atoms with E-state index in [2.05, 4.69) is 16.0 Å². The molecule has 172 valence electrons. The Hall–Kier alpha value is -3.63. The standard InChI is InChI=1S/C21H25FN4O6/c22-14-5-1-12(2-6-14)11-24-20(31)16(8-7-15(27)10-23)25-21(32)17(9-18(28)29)26-19(30)13-3-4-13/h1-2,5-6,10,13,16-17,23H,3-4,7-9,11H2,(H,24,31)(H,25,32)(H,26,30)(H,28,29)/t16-,17-/m0/s1. The Labute approximate surface area is 183 Å². The van der Waals surface area contributed by atoms with Gasteiger partial charge in [0, 0.05) is 18.9 Å². The maximum absolute atomic E-state index is 13.0. The zero-order valence-corrected chi connectivity index (χ0v) is 17.2. The number of ketones is 1. The second-order valence-corrected chi connectivity index (χ2v) is 7.49. The molecular weight excluding hydrogens is 423 g/mol. The highest BCUT2D eigenvalue weighted by atomic mass is 19.1. The van der Waals surface area contributed by atoms with Gasteiger partial charge >= 0.3 is 5.97 Å².